The molecule has 28 heavy (non-hydrogen) atoms. The lowest BCUT2D eigenvalue weighted by atomic mass is 10.1. The second-order valence-corrected chi connectivity index (χ2v) is 10.7. The number of unbranched alkanes of at least 4 members (excludes halogenated alkanes) is 1. The van der Waals surface area contributed by atoms with E-state index < -0.39 is 13.9 Å². The third-order valence-electron chi connectivity index (χ3n) is 4.65. The fourth-order valence-electron chi connectivity index (χ4n) is 3.08. The molecule has 2 aromatic rings. The lowest BCUT2D eigenvalue weighted by Crippen LogP contribution is -2.38. The first-order chi connectivity index (χ1) is 13.5. The van der Waals surface area contributed by atoms with Crippen LogP contribution in [-0.4, -0.2) is 32.0 Å². The monoisotopic (exact) mass is 435 g/mol. The smallest absolute Gasteiger partial charge is 0.194 e. The average molecular weight is 436 g/mol. The Bertz CT molecular complexity index is 973. The number of benzene rings is 2. The number of hydrogen-bond acceptors (Lipinski definition) is 5. The molecule has 1 fully saturated rings. The number of rotatable bonds is 6. The number of halogens is 1. The molecule has 0 radical (unpaired) electrons. The lowest BCUT2D eigenvalue weighted by Gasteiger charge is -2.27. The highest BCUT2D eigenvalue weighted by atomic mass is 35.5. The van der Waals surface area contributed by atoms with Crippen molar-refractivity contribution in [2.75, 3.05) is 19.5 Å². The topological polar surface area (TPSA) is 55.4 Å². The van der Waals surface area contributed by atoms with Gasteiger partial charge in [0, 0.05) is 24.4 Å². The van der Waals surface area contributed by atoms with Crippen LogP contribution in [-0.2, 0) is 9.84 Å². The number of methoxy groups -OCH3 is 1. The largest absolute Gasteiger partial charge is 0.497 e. The van der Waals surface area contributed by atoms with Crippen molar-refractivity contribution < 1.29 is 13.2 Å². The van der Waals surface area contributed by atoms with E-state index in [2.05, 4.69) is 17.2 Å². The van der Waals surface area contributed by atoms with Gasteiger partial charge in [-0.25, -0.2) is 8.42 Å². The highest BCUT2D eigenvalue weighted by Crippen LogP contribution is 2.42. The summed E-state index contributed by atoms with van der Waals surface area (Å²) in [6.45, 7) is 0.434. The highest BCUT2D eigenvalue weighted by Gasteiger charge is 2.47. The maximum Gasteiger partial charge on any atom is 0.194 e. The van der Waals surface area contributed by atoms with Gasteiger partial charge in [0.05, 0.1) is 17.0 Å². The summed E-state index contributed by atoms with van der Waals surface area (Å²) in [4.78, 5) is 0.326. The third-order valence-corrected chi connectivity index (χ3v) is 9.43. The molecule has 0 spiro atoms. The minimum absolute atomic E-state index is 0.326. The van der Waals surface area contributed by atoms with Crippen LogP contribution in [0.4, 0.5) is 0 Å². The van der Waals surface area contributed by atoms with E-state index in [-0.39, 0.29) is 0 Å². The zero-order valence-corrected chi connectivity index (χ0v) is 18.0. The summed E-state index contributed by atoms with van der Waals surface area (Å²) in [6, 6.07) is 14.0. The fraction of sp³-hybridized carbons (Fsp3) is 0.333. The average Bonchev–Trinajstić information content (AvgIpc) is 3.20. The zero-order chi connectivity index (χ0) is 20.0. The maximum absolute atomic E-state index is 13.3. The van der Waals surface area contributed by atoms with Gasteiger partial charge in [0.2, 0.25) is 0 Å². The first-order valence-corrected chi connectivity index (χ1v) is 11.8. The molecule has 1 heterocycles. The second kappa shape index (κ2) is 9.23. The predicted molar refractivity (Wildman–Crippen MR) is 116 cm³/mol. The van der Waals surface area contributed by atoms with Crippen LogP contribution in [0.5, 0.6) is 5.75 Å². The maximum atomic E-state index is 13.3. The van der Waals surface area contributed by atoms with Crippen molar-refractivity contribution in [1.82, 2.24) is 5.32 Å². The number of nitrogens with one attached hydrogen (secondary N) is 1. The zero-order valence-electron chi connectivity index (χ0n) is 15.6. The minimum atomic E-state index is -3.50. The molecule has 1 saturated heterocycles. The van der Waals surface area contributed by atoms with E-state index in [1.807, 2.05) is 24.3 Å². The lowest BCUT2D eigenvalue weighted by molar-refractivity contribution is 0.414. The molecule has 3 rings (SSSR count). The van der Waals surface area contributed by atoms with Crippen molar-refractivity contribution in [3.63, 3.8) is 0 Å². The molecule has 7 heteroatoms. The van der Waals surface area contributed by atoms with E-state index in [4.69, 9.17) is 16.3 Å². The normalized spacial score (nSPS) is 19.1. The number of sulfone groups is 1. The van der Waals surface area contributed by atoms with Crippen LogP contribution in [0.1, 0.15) is 24.8 Å². The van der Waals surface area contributed by atoms with E-state index in [0.717, 1.165) is 5.56 Å². The summed E-state index contributed by atoms with van der Waals surface area (Å²) in [6.07, 6.45) is 1.85. The summed E-state index contributed by atoms with van der Waals surface area (Å²) in [7, 11) is -1.93. The van der Waals surface area contributed by atoms with E-state index in [1.165, 1.54) is 11.8 Å². The highest BCUT2D eigenvalue weighted by molar-refractivity contribution is 8.15. The molecule has 1 aliphatic rings. The quantitative estimate of drug-likeness (QED) is 0.540. The standard InChI is InChI=1S/C21H22ClNO3S2/c1-26-18-10-12-19(13-11-18)28(24,25)21(15-23-16-27-21)14-6-2-3-7-17-8-4-5-9-20(17)22/h4-5,8-13,23H,2,6,14-16H2,1H3. The first kappa shape index (κ1) is 21.1. The van der Waals surface area contributed by atoms with Gasteiger partial charge in [-0.2, -0.15) is 0 Å². The van der Waals surface area contributed by atoms with Crippen LogP contribution < -0.4 is 10.1 Å². The molecule has 0 saturated carbocycles. The summed E-state index contributed by atoms with van der Waals surface area (Å²) >= 11 is 7.57. The van der Waals surface area contributed by atoms with Crippen LogP contribution in [0.15, 0.2) is 53.4 Å². The SMILES string of the molecule is COc1ccc(S(=O)(=O)C2(CCCC#Cc3ccccc3Cl)CNCS2)cc1. The van der Waals surface area contributed by atoms with Gasteiger partial charge in [0.25, 0.3) is 0 Å². The Morgan fingerprint density at radius 1 is 1.21 bits per heavy atom. The number of thioether (sulfide) groups is 1. The Morgan fingerprint density at radius 3 is 2.61 bits per heavy atom. The van der Waals surface area contributed by atoms with Crippen LogP contribution >= 0.6 is 23.4 Å². The molecule has 0 bridgehead atoms. The van der Waals surface area contributed by atoms with Crippen molar-refractivity contribution in [3.8, 4) is 17.6 Å². The molecular weight excluding hydrogens is 414 g/mol. The van der Waals surface area contributed by atoms with Gasteiger partial charge in [0.1, 0.15) is 9.83 Å². The molecule has 1 unspecified atom stereocenters. The molecular formula is C21H22ClNO3S2. The summed E-state index contributed by atoms with van der Waals surface area (Å²) in [5.41, 5.74) is 0.793. The van der Waals surface area contributed by atoms with E-state index in [1.54, 1.807) is 31.4 Å². The fourth-order valence-corrected chi connectivity index (χ4v) is 6.94. The van der Waals surface area contributed by atoms with Crippen molar-refractivity contribution >= 4 is 33.2 Å². The third kappa shape index (κ3) is 4.49. The van der Waals surface area contributed by atoms with Crippen LogP contribution in [0.25, 0.3) is 0 Å². The summed E-state index contributed by atoms with van der Waals surface area (Å²) < 4.78 is 30.9. The Balaban J connectivity index is 1.71. The van der Waals surface area contributed by atoms with Crippen molar-refractivity contribution in [3.05, 3.63) is 59.1 Å². The summed E-state index contributed by atoms with van der Waals surface area (Å²) in [5.74, 6) is 7.45. The van der Waals surface area contributed by atoms with Crippen LogP contribution in [0.2, 0.25) is 5.02 Å². The van der Waals surface area contributed by atoms with Crippen molar-refractivity contribution in [2.45, 2.75) is 28.2 Å². The van der Waals surface area contributed by atoms with E-state index >= 15 is 0 Å². The minimum Gasteiger partial charge on any atom is -0.497 e. The second-order valence-electron chi connectivity index (χ2n) is 6.44. The predicted octanol–water partition coefficient (Wildman–Crippen LogP) is 4.33. The molecule has 0 amide bonds. The number of hydrogen-bond donors (Lipinski definition) is 1. The van der Waals surface area contributed by atoms with E-state index in [9.17, 15) is 8.42 Å². The van der Waals surface area contributed by atoms with Gasteiger partial charge < -0.3 is 10.1 Å². The molecule has 1 N–H and O–H groups in total. The van der Waals surface area contributed by atoms with Gasteiger partial charge in [-0.15, -0.1) is 11.8 Å². The Morgan fingerprint density at radius 2 is 1.96 bits per heavy atom. The molecule has 1 aliphatic heterocycles. The Labute approximate surface area is 175 Å². The van der Waals surface area contributed by atoms with Crippen molar-refractivity contribution in [2.24, 2.45) is 0 Å². The Kier molecular flexibility index (Phi) is 6.95. The van der Waals surface area contributed by atoms with Gasteiger partial charge in [-0.3, -0.25) is 0 Å². The molecule has 148 valence electrons. The molecule has 0 aromatic heterocycles. The van der Waals surface area contributed by atoms with Gasteiger partial charge in [0.15, 0.2) is 9.84 Å². The molecule has 0 aliphatic carbocycles. The van der Waals surface area contributed by atoms with Gasteiger partial charge >= 0.3 is 0 Å². The molecule has 2 aromatic carbocycles. The Hall–Kier alpha value is -1.65. The van der Waals surface area contributed by atoms with Gasteiger partial charge in [-0.05, 0) is 49.2 Å². The van der Waals surface area contributed by atoms with Crippen LogP contribution in [0, 0.1) is 11.8 Å². The molecule has 4 nitrogen and oxygen atoms in total. The first-order valence-electron chi connectivity index (χ1n) is 8.95. The molecule has 1 atom stereocenters. The van der Waals surface area contributed by atoms with Crippen molar-refractivity contribution in [1.29, 1.82) is 0 Å². The summed E-state index contributed by atoms with van der Waals surface area (Å²) in [5, 5.41) is 3.82. The van der Waals surface area contributed by atoms with Gasteiger partial charge in [-0.1, -0.05) is 35.6 Å². The van der Waals surface area contributed by atoms with Crippen LogP contribution in [0.3, 0.4) is 0 Å². The number of ether oxygens (including phenoxy) is 1. The van der Waals surface area contributed by atoms with E-state index in [0.29, 0.717) is 47.4 Å².